The van der Waals surface area contributed by atoms with Gasteiger partial charge >= 0.3 is 6.18 Å². The van der Waals surface area contributed by atoms with Crippen LogP contribution in [0.3, 0.4) is 0 Å². The summed E-state index contributed by atoms with van der Waals surface area (Å²) in [6.45, 7) is -0.285. The zero-order valence-electron chi connectivity index (χ0n) is 9.88. The molecule has 10 heteroatoms. The van der Waals surface area contributed by atoms with Gasteiger partial charge in [0.05, 0.1) is 11.1 Å². The molecule has 0 aliphatic carbocycles. The third-order valence-electron chi connectivity index (χ3n) is 2.16. The lowest BCUT2D eigenvalue weighted by molar-refractivity contribution is -0.136. The standard InChI is InChI=1S/C10H10BrF4NO3S/c11-6-4-9(20(16,17)18)7(12)5-8(6)19-3-1-2-10(13,14)15/h4-5H,1-3H2,(H2,16,17,18). The Bertz CT molecular complexity index is 589. The Morgan fingerprint density at radius 3 is 2.40 bits per heavy atom. The summed E-state index contributed by atoms with van der Waals surface area (Å²) in [5.41, 5.74) is 0. The smallest absolute Gasteiger partial charge is 0.389 e. The third kappa shape index (κ3) is 5.25. The monoisotopic (exact) mass is 379 g/mol. The maximum Gasteiger partial charge on any atom is 0.389 e. The molecule has 0 aliphatic rings. The van der Waals surface area contributed by atoms with E-state index in [1.54, 1.807) is 0 Å². The molecule has 0 aliphatic heterocycles. The van der Waals surface area contributed by atoms with Crippen molar-refractivity contribution in [3.8, 4) is 5.75 Å². The van der Waals surface area contributed by atoms with Crippen LogP contribution in [0.4, 0.5) is 17.6 Å². The summed E-state index contributed by atoms with van der Waals surface area (Å²) in [6, 6.07) is 1.64. The first kappa shape index (κ1) is 17.2. The fourth-order valence-electron chi connectivity index (χ4n) is 1.29. The van der Waals surface area contributed by atoms with Crippen molar-refractivity contribution in [2.45, 2.75) is 23.9 Å². The van der Waals surface area contributed by atoms with Crippen molar-refractivity contribution in [1.29, 1.82) is 0 Å². The zero-order chi connectivity index (χ0) is 15.6. The van der Waals surface area contributed by atoms with Gasteiger partial charge in [0.1, 0.15) is 16.5 Å². The Kier molecular flexibility index (Phi) is 5.39. The summed E-state index contributed by atoms with van der Waals surface area (Å²) in [7, 11) is -4.23. The van der Waals surface area contributed by atoms with Crippen LogP contribution in [-0.4, -0.2) is 21.2 Å². The number of benzene rings is 1. The van der Waals surface area contributed by atoms with E-state index in [1.807, 2.05) is 0 Å². The van der Waals surface area contributed by atoms with Crippen molar-refractivity contribution in [2.75, 3.05) is 6.61 Å². The molecule has 0 spiro atoms. The number of alkyl halides is 3. The van der Waals surface area contributed by atoms with E-state index in [0.29, 0.717) is 0 Å². The van der Waals surface area contributed by atoms with E-state index in [1.165, 1.54) is 0 Å². The molecular weight excluding hydrogens is 370 g/mol. The van der Waals surface area contributed by atoms with Crippen LogP contribution in [0.15, 0.2) is 21.5 Å². The molecule has 0 heterocycles. The maximum absolute atomic E-state index is 13.5. The van der Waals surface area contributed by atoms with Crippen LogP contribution >= 0.6 is 15.9 Å². The number of nitrogens with two attached hydrogens (primary N) is 1. The lowest BCUT2D eigenvalue weighted by atomic mass is 10.3. The lowest BCUT2D eigenvalue weighted by Crippen LogP contribution is -2.14. The van der Waals surface area contributed by atoms with Crippen molar-refractivity contribution >= 4 is 26.0 Å². The van der Waals surface area contributed by atoms with Crippen LogP contribution in [-0.2, 0) is 10.0 Å². The fraction of sp³-hybridized carbons (Fsp3) is 0.400. The average Bonchev–Trinajstić information content (AvgIpc) is 2.25. The van der Waals surface area contributed by atoms with Crippen LogP contribution in [0.1, 0.15) is 12.8 Å². The number of hydrogen-bond donors (Lipinski definition) is 1. The number of sulfonamides is 1. The number of halogens is 5. The van der Waals surface area contributed by atoms with Gasteiger partial charge in [-0.2, -0.15) is 13.2 Å². The fourth-order valence-corrected chi connectivity index (χ4v) is 2.52. The van der Waals surface area contributed by atoms with Crippen molar-refractivity contribution in [1.82, 2.24) is 0 Å². The molecule has 0 fully saturated rings. The molecule has 0 atom stereocenters. The van der Waals surface area contributed by atoms with Crippen molar-refractivity contribution in [2.24, 2.45) is 5.14 Å². The Morgan fingerprint density at radius 1 is 1.30 bits per heavy atom. The molecule has 4 nitrogen and oxygen atoms in total. The molecule has 0 aromatic heterocycles. The third-order valence-corrected chi connectivity index (χ3v) is 3.70. The Morgan fingerprint density at radius 2 is 1.90 bits per heavy atom. The molecule has 1 rings (SSSR count). The molecule has 0 saturated heterocycles. The highest BCUT2D eigenvalue weighted by Gasteiger charge is 2.26. The minimum Gasteiger partial charge on any atom is -0.492 e. The molecule has 0 unspecified atom stereocenters. The topological polar surface area (TPSA) is 69.4 Å². The predicted octanol–water partition coefficient (Wildman–Crippen LogP) is 2.96. The predicted molar refractivity (Wildman–Crippen MR) is 66.3 cm³/mol. The Hall–Kier alpha value is -0.870. The van der Waals surface area contributed by atoms with E-state index in [-0.39, 0.29) is 23.2 Å². The highest BCUT2D eigenvalue weighted by Crippen LogP contribution is 2.30. The summed E-state index contributed by atoms with van der Waals surface area (Å²) in [5.74, 6) is -1.24. The van der Waals surface area contributed by atoms with Crippen molar-refractivity contribution in [3.63, 3.8) is 0 Å². The Balaban J connectivity index is 2.76. The number of hydrogen-bond acceptors (Lipinski definition) is 3. The molecule has 0 saturated carbocycles. The summed E-state index contributed by atoms with van der Waals surface area (Å²) in [5, 5.41) is 4.79. The Labute approximate surface area is 121 Å². The second-order valence-corrected chi connectivity index (χ2v) is 6.21. The van der Waals surface area contributed by atoms with Gasteiger partial charge in [0.2, 0.25) is 10.0 Å². The number of ether oxygens (including phenoxy) is 1. The van der Waals surface area contributed by atoms with Crippen molar-refractivity contribution < 1.29 is 30.7 Å². The van der Waals surface area contributed by atoms with E-state index in [9.17, 15) is 26.0 Å². The SMILES string of the molecule is NS(=O)(=O)c1cc(Br)c(OCCCC(F)(F)F)cc1F. The summed E-state index contributed by atoms with van der Waals surface area (Å²) in [6.07, 6.45) is -5.61. The quantitative estimate of drug-likeness (QED) is 0.631. The first-order valence-electron chi connectivity index (χ1n) is 5.22. The van der Waals surface area contributed by atoms with Crippen LogP contribution < -0.4 is 9.88 Å². The van der Waals surface area contributed by atoms with Crippen LogP contribution in [0.2, 0.25) is 0 Å². The molecule has 1 aromatic carbocycles. The number of rotatable bonds is 5. The van der Waals surface area contributed by atoms with Gasteiger partial charge in [0.15, 0.2) is 0 Å². The van der Waals surface area contributed by atoms with Gasteiger partial charge in [-0.3, -0.25) is 0 Å². The average molecular weight is 380 g/mol. The van der Waals surface area contributed by atoms with Crippen molar-refractivity contribution in [3.05, 3.63) is 22.4 Å². The largest absolute Gasteiger partial charge is 0.492 e. The van der Waals surface area contributed by atoms with Gasteiger partial charge in [-0.05, 0) is 28.4 Å². The number of primary sulfonamides is 1. The van der Waals surface area contributed by atoms with Gasteiger partial charge in [-0.15, -0.1) is 0 Å². The zero-order valence-corrected chi connectivity index (χ0v) is 12.3. The summed E-state index contributed by atoms with van der Waals surface area (Å²) in [4.78, 5) is -0.730. The molecule has 114 valence electrons. The maximum atomic E-state index is 13.5. The second-order valence-electron chi connectivity index (χ2n) is 3.83. The molecule has 20 heavy (non-hydrogen) atoms. The highest BCUT2D eigenvalue weighted by atomic mass is 79.9. The van der Waals surface area contributed by atoms with E-state index < -0.39 is 33.3 Å². The minimum absolute atomic E-state index is 0.0786. The van der Waals surface area contributed by atoms with Gasteiger partial charge in [-0.1, -0.05) is 0 Å². The van der Waals surface area contributed by atoms with Crippen LogP contribution in [0.25, 0.3) is 0 Å². The van der Waals surface area contributed by atoms with Gasteiger partial charge < -0.3 is 4.74 Å². The van der Waals surface area contributed by atoms with E-state index >= 15 is 0 Å². The highest BCUT2D eigenvalue weighted by molar-refractivity contribution is 9.10. The molecule has 1 aromatic rings. The lowest BCUT2D eigenvalue weighted by Gasteiger charge is -2.11. The summed E-state index contributed by atoms with van der Waals surface area (Å²) >= 11 is 2.93. The van der Waals surface area contributed by atoms with E-state index in [2.05, 4.69) is 15.9 Å². The van der Waals surface area contributed by atoms with E-state index in [0.717, 1.165) is 12.1 Å². The van der Waals surface area contributed by atoms with Gasteiger partial charge in [-0.25, -0.2) is 17.9 Å². The molecule has 0 bridgehead atoms. The second kappa shape index (κ2) is 6.27. The van der Waals surface area contributed by atoms with Gasteiger partial charge in [0.25, 0.3) is 0 Å². The molecular formula is C10H10BrF4NO3S. The molecule has 2 N–H and O–H groups in total. The minimum atomic E-state index is -4.29. The van der Waals surface area contributed by atoms with E-state index in [4.69, 9.17) is 9.88 Å². The molecule has 0 radical (unpaired) electrons. The first-order chi connectivity index (χ1) is 9.00. The first-order valence-corrected chi connectivity index (χ1v) is 7.56. The van der Waals surface area contributed by atoms with Gasteiger partial charge in [0, 0.05) is 12.5 Å². The summed E-state index contributed by atoms with van der Waals surface area (Å²) < 4.78 is 76.3. The van der Waals surface area contributed by atoms with Crippen LogP contribution in [0, 0.1) is 5.82 Å². The normalized spacial score (nSPS) is 12.5. The van der Waals surface area contributed by atoms with Crippen LogP contribution in [0.5, 0.6) is 5.75 Å². The molecule has 0 amide bonds.